The molecule has 0 aliphatic carbocycles. The third kappa shape index (κ3) is 1.78. The Bertz CT molecular complexity index is 259. The van der Waals surface area contributed by atoms with Gasteiger partial charge in [-0.05, 0) is 13.8 Å². The second kappa shape index (κ2) is 2.97. The van der Waals surface area contributed by atoms with E-state index in [1.165, 1.54) is 0 Å². The van der Waals surface area contributed by atoms with Crippen molar-refractivity contribution in [1.82, 2.24) is 0 Å². The van der Waals surface area contributed by atoms with E-state index in [0.29, 0.717) is 6.61 Å². The first kappa shape index (κ1) is 9.95. The molecule has 12 heavy (non-hydrogen) atoms. The molecule has 1 heterocycles. The lowest BCUT2D eigenvalue weighted by atomic mass is 10.0. The number of sulfone groups is 1. The molecule has 0 aromatic carbocycles. The lowest BCUT2D eigenvalue weighted by molar-refractivity contribution is -0.0776. The van der Waals surface area contributed by atoms with E-state index in [2.05, 4.69) is 0 Å². The highest BCUT2D eigenvalue weighted by molar-refractivity contribution is 7.91. The van der Waals surface area contributed by atoms with Crippen LogP contribution in [0.3, 0.4) is 0 Å². The van der Waals surface area contributed by atoms with E-state index in [-0.39, 0.29) is 11.5 Å². The Labute approximate surface area is 72.5 Å². The summed E-state index contributed by atoms with van der Waals surface area (Å²) in [5.41, 5.74) is -0.895. The molecule has 0 saturated carbocycles. The van der Waals surface area contributed by atoms with Gasteiger partial charge in [-0.15, -0.1) is 0 Å². The zero-order valence-electron chi connectivity index (χ0n) is 7.28. The lowest BCUT2D eigenvalue weighted by Crippen LogP contribution is -2.41. The molecule has 72 valence electrons. The van der Waals surface area contributed by atoms with Gasteiger partial charge in [0.05, 0.1) is 17.6 Å². The summed E-state index contributed by atoms with van der Waals surface area (Å²) in [7, 11) is -3.10. The normalized spacial score (nSPS) is 40.1. The van der Waals surface area contributed by atoms with Gasteiger partial charge in [0.15, 0.2) is 9.84 Å². The van der Waals surface area contributed by atoms with E-state index in [9.17, 15) is 13.5 Å². The van der Waals surface area contributed by atoms with Crippen molar-refractivity contribution in [2.45, 2.75) is 25.6 Å². The van der Waals surface area contributed by atoms with Gasteiger partial charge in [0, 0.05) is 6.61 Å². The molecular weight excluding hydrogens is 180 g/mol. The van der Waals surface area contributed by atoms with Crippen molar-refractivity contribution in [3.63, 3.8) is 0 Å². The van der Waals surface area contributed by atoms with Crippen LogP contribution >= 0.6 is 0 Å². The molecule has 1 rings (SSSR count). The third-order valence-corrected chi connectivity index (χ3v) is 3.93. The molecule has 1 aliphatic heterocycles. The Hall–Kier alpha value is -0.130. The van der Waals surface area contributed by atoms with Crippen LogP contribution in [0.2, 0.25) is 0 Å². The minimum atomic E-state index is -3.10. The van der Waals surface area contributed by atoms with Crippen molar-refractivity contribution < 1.29 is 18.3 Å². The van der Waals surface area contributed by atoms with Gasteiger partial charge < -0.3 is 9.84 Å². The second-order valence-corrected chi connectivity index (χ2v) is 5.43. The molecule has 1 fully saturated rings. The van der Waals surface area contributed by atoms with Crippen LogP contribution in [0, 0.1) is 0 Å². The minimum absolute atomic E-state index is 0.0744. The first-order chi connectivity index (χ1) is 5.40. The van der Waals surface area contributed by atoms with Crippen LogP contribution in [-0.4, -0.2) is 43.3 Å². The Kier molecular flexibility index (Phi) is 2.47. The first-order valence-electron chi connectivity index (χ1n) is 3.92. The van der Waals surface area contributed by atoms with Crippen LogP contribution in [0.4, 0.5) is 0 Å². The van der Waals surface area contributed by atoms with Crippen LogP contribution in [0.5, 0.6) is 0 Å². The largest absolute Gasteiger partial charge is 0.389 e. The highest BCUT2D eigenvalue weighted by Gasteiger charge is 2.47. The second-order valence-electron chi connectivity index (χ2n) is 3.32. The summed E-state index contributed by atoms with van der Waals surface area (Å²) >= 11 is 0. The fourth-order valence-corrected chi connectivity index (χ4v) is 3.58. The molecule has 4 nitrogen and oxygen atoms in total. The van der Waals surface area contributed by atoms with E-state index in [4.69, 9.17) is 4.74 Å². The lowest BCUT2D eigenvalue weighted by Gasteiger charge is -2.25. The Morgan fingerprint density at radius 1 is 1.67 bits per heavy atom. The van der Waals surface area contributed by atoms with Crippen molar-refractivity contribution in [2.75, 3.05) is 18.1 Å². The molecule has 0 radical (unpaired) electrons. The summed E-state index contributed by atoms with van der Waals surface area (Å²) in [4.78, 5) is 0. The molecule has 2 unspecified atom stereocenters. The van der Waals surface area contributed by atoms with Crippen LogP contribution in [0.15, 0.2) is 0 Å². The molecule has 0 aromatic heterocycles. The summed E-state index contributed by atoms with van der Waals surface area (Å²) in [5, 5.41) is 9.41. The SMILES string of the molecule is CCOC1(C)CS(=O)(=O)CC1O. The Balaban J connectivity index is 2.81. The fourth-order valence-electron chi connectivity index (χ4n) is 1.48. The predicted octanol–water partition coefficient (Wildman–Crippen LogP) is -0.429. The number of aliphatic hydroxyl groups excluding tert-OH is 1. The standard InChI is InChI=1S/C7H14O4S/c1-3-11-7(2)5-12(9,10)4-6(7)8/h6,8H,3-5H2,1-2H3. The topological polar surface area (TPSA) is 63.6 Å². The Morgan fingerprint density at radius 3 is 2.58 bits per heavy atom. The maximum Gasteiger partial charge on any atom is 0.155 e. The van der Waals surface area contributed by atoms with Gasteiger partial charge in [-0.2, -0.15) is 0 Å². The van der Waals surface area contributed by atoms with Gasteiger partial charge in [0.25, 0.3) is 0 Å². The van der Waals surface area contributed by atoms with Gasteiger partial charge in [0.2, 0.25) is 0 Å². The van der Waals surface area contributed by atoms with Crippen LogP contribution < -0.4 is 0 Å². The Morgan fingerprint density at radius 2 is 2.25 bits per heavy atom. The molecule has 5 heteroatoms. The monoisotopic (exact) mass is 194 g/mol. The average molecular weight is 194 g/mol. The molecule has 0 spiro atoms. The maximum atomic E-state index is 11.1. The van der Waals surface area contributed by atoms with E-state index < -0.39 is 21.5 Å². The summed E-state index contributed by atoms with van der Waals surface area (Å²) in [6.45, 7) is 3.83. The average Bonchev–Trinajstić information content (AvgIpc) is 2.02. The zero-order valence-corrected chi connectivity index (χ0v) is 8.10. The molecule has 1 aliphatic rings. The van der Waals surface area contributed by atoms with Crippen molar-refractivity contribution in [3.05, 3.63) is 0 Å². The van der Waals surface area contributed by atoms with Crippen LogP contribution in [-0.2, 0) is 14.6 Å². The molecule has 0 bridgehead atoms. The number of hydrogen-bond donors (Lipinski definition) is 1. The van der Waals surface area contributed by atoms with Crippen molar-refractivity contribution in [3.8, 4) is 0 Å². The predicted molar refractivity (Wildman–Crippen MR) is 44.7 cm³/mol. The van der Waals surface area contributed by atoms with Gasteiger partial charge in [0.1, 0.15) is 5.60 Å². The minimum Gasteiger partial charge on any atom is -0.389 e. The first-order valence-corrected chi connectivity index (χ1v) is 5.74. The van der Waals surface area contributed by atoms with Crippen molar-refractivity contribution in [2.24, 2.45) is 0 Å². The van der Waals surface area contributed by atoms with Crippen LogP contribution in [0.25, 0.3) is 0 Å². The molecule has 1 N–H and O–H groups in total. The summed E-state index contributed by atoms with van der Waals surface area (Å²) in [5.74, 6) is -0.251. The van der Waals surface area contributed by atoms with Crippen LogP contribution in [0.1, 0.15) is 13.8 Å². The van der Waals surface area contributed by atoms with E-state index in [1.54, 1.807) is 13.8 Å². The fraction of sp³-hybridized carbons (Fsp3) is 1.00. The zero-order chi connectivity index (χ0) is 9.41. The highest BCUT2D eigenvalue weighted by Crippen LogP contribution is 2.27. The summed E-state index contributed by atoms with van der Waals surface area (Å²) in [6, 6.07) is 0. The van der Waals surface area contributed by atoms with Gasteiger partial charge in [-0.25, -0.2) is 8.42 Å². The molecule has 2 atom stereocenters. The van der Waals surface area contributed by atoms with Crippen molar-refractivity contribution >= 4 is 9.84 Å². The van der Waals surface area contributed by atoms with Gasteiger partial charge in [-0.3, -0.25) is 0 Å². The molecule has 1 saturated heterocycles. The smallest absolute Gasteiger partial charge is 0.155 e. The number of aliphatic hydroxyl groups is 1. The van der Waals surface area contributed by atoms with E-state index in [0.717, 1.165) is 0 Å². The van der Waals surface area contributed by atoms with E-state index >= 15 is 0 Å². The number of ether oxygens (including phenoxy) is 1. The van der Waals surface area contributed by atoms with Crippen molar-refractivity contribution in [1.29, 1.82) is 0 Å². The maximum absolute atomic E-state index is 11.1. The third-order valence-electron chi connectivity index (χ3n) is 2.10. The quantitative estimate of drug-likeness (QED) is 0.648. The summed E-state index contributed by atoms with van der Waals surface area (Å²) in [6.07, 6.45) is -0.887. The summed E-state index contributed by atoms with van der Waals surface area (Å²) < 4.78 is 27.4. The van der Waals surface area contributed by atoms with Gasteiger partial charge >= 0.3 is 0 Å². The number of hydrogen-bond acceptors (Lipinski definition) is 4. The molecule has 0 amide bonds. The van der Waals surface area contributed by atoms with E-state index in [1.807, 2.05) is 0 Å². The molecular formula is C7H14O4S. The highest BCUT2D eigenvalue weighted by atomic mass is 32.2. The number of rotatable bonds is 2. The van der Waals surface area contributed by atoms with Gasteiger partial charge in [-0.1, -0.05) is 0 Å². The molecule has 0 aromatic rings.